The van der Waals surface area contributed by atoms with Crippen molar-refractivity contribution in [2.75, 3.05) is 72.6 Å². The number of amides is 1. The second kappa shape index (κ2) is 12.6. The van der Waals surface area contributed by atoms with Crippen LogP contribution in [-0.2, 0) is 25.6 Å². The van der Waals surface area contributed by atoms with Gasteiger partial charge in [0.05, 0.1) is 19.8 Å². The van der Waals surface area contributed by atoms with E-state index in [4.69, 9.17) is 4.74 Å². The summed E-state index contributed by atoms with van der Waals surface area (Å²) < 4.78 is 10.2. The third-order valence-corrected chi connectivity index (χ3v) is 7.55. The van der Waals surface area contributed by atoms with Crippen molar-refractivity contribution in [2.45, 2.75) is 44.4 Å². The van der Waals surface area contributed by atoms with E-state index >= 15 is 0 Å². The van der Waals surface area contributed by atoms with Crippen LogP contribution in [0.2, 0.25) is 0 Å². The smallest absolute Gasteiger partial charge is 0.331 e. The molecule has 0 radical (unpaired) electrons. The number of hydrogen-bond acceptors (Lipinski definition) is 7. The molecule has 0 unspecified atom stereocenters. The van der Waals surface area contributed by atoms with Gasteiger partial charge in [-0.15, -0.1) is 0 Å². The summed E-state index contributed by atoms with van der Waals surface area (Å²) >= 11 is 0. The van der Waals surface area contributed by atoms with E-state index in [1.54, 1.807) is 0 Å². The Bertz CT molecular complexity index is 768. The van der Waals surface area contributed by atoms with E-state index in [0.717, 1.165) is 58.7 Å². The molecule has 0 N–H and O–H groups in total. The number of benzene rings is 1. The maximum absolute atomic E-state index is 12.8. The predicted molar refractivity (Wildman–Crippen MR) is 130 cm³/mol. The van der Waals surface area contributed by atoms with Crippen LogP contribution in [0, 0.1) is 0 Å². The minimum Gasteiger partial charge on any atom is -0.467 e. The largest absolute Gasteiger partial charge is 0.467 e. The molecule has 1 aromatic carbocycles. The average Bonchev–Trinajstić information content (AvgIpc) is 2.89. The zero-order chi connectivity index (χ0) is 23.8. The van der Waals surface area contributed by atoms with E-state index < -0.39 is 0 Å². The highest BCUT2D eigenvalue weighted by molar-refractivity contribution is 5.78. The maximum Gasteiger partial charge on any atom is 0.331 e. The monoisotopic (exact) mass is 472 g/mol. The fraction of sp³-hybridized carbons (Fsp3) is 0.692. The number of carbonyl (C=O) groups excluding carboxylic acids is 2. The Balaban J connectivity index is 1.11. The van der Waals surface area contributed by atoms with E-state index in [-0.39, 0.29) is 24.6 Å². The number of piperazine rings is 1. The Morgan fingerprint density at radius 1 is 0.853 bits per heavy atom. The second-order valence-electron chi connectivity index (χ2n) is 9.77. The van der Waals surface area contributed by atoms with Gasteiger partial charge in [0.15, 0.2) is 0 Å². The third-order valence-electron chi connectivity index (χ3n) is 7.55. The zero-order valence-electron chi connectivity index (χ0n) is 20.6. The Morgan fingerprint density at radius 3 is 2.18 bits per heavy atom. The molecular weight excluding hydrogens is 432 g/mol. The SMILES string of the molecule is COC(=O)COC1CCN(C(=O)CN2CCN(C3CCN(Cc4ccccc4)CC3)CC2)CC1. The lowest BCUT2D eigenvalue weighted by Crippen LogP contribution is -2.55. The number of carbonyl (C=O) groups is 2. The zero-order valence-corrected chi connectivity index (χ0v) is 20.6. The highest BCUT2D eigenvalue weighted by Gasteiger charge is 2.29. The lowest BCUT2D eigenvalue weighted by Gasteiger charge is -2.43. The molecule has 8 heteroatoms. The predicted octanol–water partition coefficient (Wildman–Crippen LogP) is 1.45. The molecule has 0 saturated carbocycles. The summed E-state index contributed by atoms with van der Waals surface area (Å²) in [6, 6.07) is 11.4. The number of methoxy groups -OCH3 is 1. The Morgan fingerprint density at radius 2 is 1.53 bits per heavy atom. The fourth-order valence-corrected chi connectivity index (χ4v) is 5.38. The molecule has 0 bridgehead atoms. The molecule has 34 heavy (non-hydrogen) atoms. The highest BCUT2D eigenvalue weighted by atomic mass is 16.6. The van der Waals surface area contributed by atoms with Gasteiger partial charge in [0.2, 0.25) is 5.91 Å². The summed E-state index contributed by atoms with van der Waals surface area (Å²) in [7, 11) is 1.36. The van der Waals surface area contributed by atoms with Gasteiger partial charge in [-0.3, -0.25) is 19.5 Å². The van der Waals surface area contributed by atoms with Gasteiger partial charge in [-0.2, -0.15) is 0 Å². The van der Waals surface area contributed by atoms with E-state index in [0.29, 0.717) is 25.7 Å². The number of piperidine rings is 2. The molecule has 3 heterocycles. The number of ether oxygens (including phenoxy) is 2. The summed E-state index contributed by atoms with van der Waals surface area (Å²) in [5, 5.41) is 0. The number of likely N-dealkylation sites (tertiary alicyclic amines) is 2. The number of rotatable bonds is 8. The summed E-state index contributed by atoms with van der Waals surface area (Å²) in [6.07, 6.45) is 4.06. The average molecular weight is 473 g/mol. The van der Waals surface area contributed by atoms with Gasteiger partial charge < -0.3 is 14.4 Å². The molecule has 1 aromatic rings. The van der Waals surface area contributed by atoms with Gasteiger partial charge in [-0.25, -0.2) is 4.79 Å². The van der Waals surface area contributed by atoms with Crippen molar-refractivity contribution in [1.82, 2.24) is 19.6 Å². The molecule has 4 rings (SSSR count). The fourth-order valence-electron chi connectivity index (χ4n) is 5.38. The van der Waals surface area contributed by atoms with E-state index in [1.807, 2.05) is 4.90 Å². The van der Waals surface area contributed by atoms with E-state index in [9.17, 15) is 9.59 Å². The van der Waals surface area contributed by atoms with Crippen molar-refractivity contribution in [2.24, 2.45) is 0 Å². The molecule has 0 atom stereocenters. The Hall–Kier alpha value is -2.00. The van der Waals surface area contributed by atoms with E-state index in [2.05, 4.69) is 49.8 Å². The first-order chi connectivity index (χ1) is 16.6. The topological polar surface area (TPSA) is 65.6 Å². The third kappa shape index (κ3) is 7.25. The first-order valence-electron chi connectivity index (χ1n) is 12.8. The highest BCUT2D eigenvalue weighted by Crippen LogP contribution is 2.20. The van der Waals surface area contributed by atoms with Crippen molar-refractivity contribution in [3.05, 3.63) is 35.9 Å². The second-order valence-corrected chi connectivity index (χ2v) is 9.77. The van der Waals surface area contributed by atoms with Gasteiger partial charge in [-0.05, 0) is 44.3 Å². The van der Waals surface area contributed by atoms with Crippen molar-refractivity contribution in [1.29, 1.82) is 0 Å². The molecule has 3 fully saturated rings. The lowest BCUT2D eigenvalue weighted by atomic mass is 10.0. The number of esters is 1. The normalized spacial score (nSPS) is 22.1. The van der Waals surface area contributed by atoms with Crippen LogP contribution < -0.4 is 0 Å². The lowest BCUT2D eigenvalue weighted by molar-refractivity contribution is -0.150. The molecule has 1 amide bonds. The van der Waals surface area contributed by atoms with Crippen LogP contribution in [0.1, 0.15) is 31.2 Å². The molecular formula is C26H40N4O4. The van der Waals surface area contributed by atoms with Gasteiger partial charge in [0, 0.05) is 51.9 Å². The van der Waals surface area contributed by atoms with Crippen LogP contribution in [0.3, 0.4) is 0 Å². The number of nitrogens with zero attached hydrogens (tertiary/aromatic N) is 4. The standard InChI is InChI=1S/C26H40N4O4/c1-33-26(32)21-34-24-9-13-30(14-10-24)25(31)20-28-15-17-29(18-16-28)23-7-11-27(12-8-23)19-22-5-3-2-4-6-22/h2-6,23-24H,7-21H2,1H3. The number of hydrogen-bond donors (Lipinski definition) is 0. The van der Waals surface area contributed by atoms with Crippen molar-refractivity contribution in [3.8, 4) is 0 Å². The molecule has 0 aromatic heterocycles. The summed E-state index contributed by atoms with van der Waals surface area (Å²) in [4.78, 5) is 33.5. The van der Waals surface area contributed by atoms with Gasteiger partial charge >= 0.3 is 5.97 Å². The van der Waals surface area contributed by atoms with Crippen LogP contribution in [0.4, 0.5) is 0 Å². The van der Waals surface area contributed by atoms with Crippen LogP contribution in [0.5, 0.6) is 0 Å². The molecule has 3 aliphatic heterocycles. The minimum atomic E-state index is -0.351. The quantitative estimate of drug-likeness (QED) is 0.531. The minimum absolute atomic E-state index is 0.00849. The Kier molecular flexibility index (Phi) is 9.33. The summed E-state index contributed by atoms with van der Waals surface area (Å²) in [5.41, 5.74) is 1.40. The molecule has 3 aliphatic rings. The molecule has 0 aliphatic carbocycles. The van der Waals surface area contributed by atoms with Gasteiger partial charge in [0.1, 0.15) is 6.61 Å². The van der Waals surface area contributed by atoms with Crippen LogP contribution in [0.15, 0.2) is 30.3 Å². The maximum atomic E-state index is 12.8. The van der Waals surface area contributed by atoms with Crippen molar-refractivity contribution < 1.29 is 19.1 Å². The van der Waals surface area contributed by atoms with Crippen LogP contribution >= 0.6 is 0 Å². The van der Waals surface area contributed by atoms with Crippen molar-refractivity contribution >= 4 is 11.9 Å². The molecule has 8 nitrogen and oxygen atoms in total. The molecule has 0 spiro atoms. The Labute approximate surface area is 203 Å². The first-order valence-corrected chi connectivity index (χ1v) is 12.8. The van der Waals surface area contributed by atoms with Crippen LogP contribution in [0.25, 0.3) is 0 Å². The van der Waals surface area contributed by atoms with Crippen molar-refractivity contribution in [3.63, 3.8) is 0 Å². The first kappa shape index (κ1) is 25.1. The van der Waals surface area contributed by atoms with E-state index in [1.165, 1.54) is 25.5 Å². The molecule has 188 valence electrons. The molecule has 3 saturated heterocycles. The van der Waals surface area contributed by atoms with Gasteiger partial charge in [0.25, 0.3) is 0 Å². The summed E-state index contributed by atoms with van der Waals surface area (Å²) in [5.74, 6) is -0.135. The van der Waals surface area contributed by atoms with Crippen LogP contribution in [-0.4, -0.2) is 116 Å². The summed E-state index contributed by atoms with van der Waals surface area (Å²) in [6.45, 7) is 9.33. The van der Waals surface area contributed by atoms with Gasteiger partial charge in [-0.1, -0.05) is 30.3 Å².